The van der Waals surface area contributed by atoms with Crippen molar-refractivity contribution in [2.45, 2.75) is 0 Å². The summed E-state index contributed by atoms with van der Waals surface area (Å²) in [5.41, 5.74) is 1.98. The molecule has 0 atom stereocenters. The van der Waals surface area contributed by atoms with Crippen LogP contribution < -0.4 is 14.2 Å². The summed E-state index contributed by atoms with van der Waals surface area (Å²) in [6, 6.07) is 12.8. The predicted octanol–water partition coefficient (Wildman–Crippen LogP) is 3.15. The largest absolute Gasteiger partial charge is 0.493 e. The van der Waals surface area contributed by atoms with Gasteiger partial charge >= 0.3 is 0 Å². The van der Waals surface area contributed by atoms with Gasteiger partial charge in [-0.3, -0.25) is 14.5 Å². The number of carbonyl (C=O) groups is 2. The average Bonchev–Trinajstić information content (AvgIpc) is 2.98. The number of ether oxygens (including phenoxy) is 4. The summed E-state index contributed by atoms with van der Waals surface area (Å²) in [6.45, 7) is -0.129. The molecule has 1 saturated heterocycles. The van der Waals surface area contributed by atoms with Crippen molar-refractivity contribution in [1.29, 1.82) is 0 Å². The van der Waals surface area contributed by atoms with Crippen LogP contribution in [0.4, 0.5) is 0 Å². The third-order valence-corrected chi connectivity index (χ3v) is 4.61. The first-order valence-corrected chi connectivity index (χ1v) is 9.18. The molecular formula is C23H23NO6. The quantitative estimate of drug-likeness (QED) is 0.517. The molecule has 0 bridgehead atoms. The van der Waals surface area contributed by atoms with Crippen molar-refractivity contribution in [1.82, 2.24) is 4.90 Å². The molecule has 0 radical (unpaired) electrons. The van der Waals surface area contributed by atoms with Crippen molar-refractivity contribution in [3.8, 4) is 17.2 Å². The van der Waals surface area contributed by atoms with Crippen LogP contribution in [0.3, 0.4) is 0 Å². The fourth-order valence-electron chi connectivity index (χ4n) is 3.21. The number of amides is 2. The lowest BCUT2D eigenvalue weighted by molar-refractivity contribution is -0.141. The highest BCUT2D eigenvalue weighted by atomic mass is 16.5. The first kappa shape index (κ1) is 21.1. The monoisotopic (exact) mass is 409 g/mol. The summed E-state index contributed by atoms with van der Waals surface area (Å²) >= 11 is 0. The summed E-state index contributed by atoms with van der Waals surface area (Å²) in [5, 5.41) is 0. The SMILES string of the molecule is COCN1C(=O)C(=C/c2ccccc2)/C(=C\c2cc(OC)c(OC)c(OC)c2)C1=O. The van der Waals surface area contributed by atoms with Crippen molar-refractivity contribution < 1.29 is 28.5 Å². The maximum atomic E-state index is 13.0. The maximum Gasteiger partial charge on any atom is 0.263 e. The van der Waals surface area contributed by atoms with Gasteiger partial charge in [-0.25, -0.2) is 0 Å². The molecular weight excluding hydrogens is 386 g/mol. The standard InChI is InChI=1S/C23H23NO6/c1-27-14-24-22(25)17(10-15-8-6-5-7-9-15)18(23(24)26)11-16-12-19(28-2)21(30-4)20(13-16)29-3/h5-13H,14H2,1-4H3/b17-10+,18-11+. The van der Waals surface area contributed by atoms with Crippen molar-refractivity contribution in [2.75, 3.05) is 35.2 Å². The first-order chi connectivity index (χ1) is 14.5. The molecule has 1 heterocycles. The molecule has 1 fully saturated rings. The number of hydrogen-bond donors (Lipinski definition) is 0. The minimum atomic E-state index is -0.433. The highest BCUT2D eigenvalue weighted by Gasteiger charge is 2.38. The number of methoxy groups -OCH3 is 4. The van der Waals surface area contributed by atoms with Crippen molar-refractivity contribution in [3.63, 3.8) is 0 Å². The Kier molecular flexibility index (Phi) is 6.54. The van der Waals surface area contributed by atoms with Crippen LogP contribution in [-0.2, 0) is 14.3 Å². The van der Waals surface area contributed by atoms with E-state index >= 15 is 0 Å². The van der Waals surface area contributed by atoms with E-state index in [2.05, 4.69) is 0 Å². The number of imide groups is 1. The Bertz CT molecular complexity index is 985. The second kappa shape index (κ2) is 9.28. The van der Waals surface area contributed by atoms with Gasteiger partial charge in [-0.15, -0.1) is 0 Å². The molecule has 30 heavy (non-hydrogen) atoms. The molecule has 7 heteroatoms. The molecule has 2 amide bonds. The lowest BCUT2D eigenvalue weighted by atomic mass is 10.0. The van der Waals surface area contributed by atoms with Crippen LogP contribution in [0.15, 0.2) is 53.6 Å². The van der Waals surface area contributed by atoms with E-state index in [-0.39, 0.29) is 17.9 Å². The van der Waals surface area contributed by atoms with E-state index in [1.54, 1.807) is 24.3 Å². The minimum absolute atomic E-state index is 0.129. The van der Waals surface area contributed by atoms with Gasteiger partial charge in [-0.05, 0) is 35.4 Å². The van der Waals surface area contributed by atoms with E-state index in [1.165, 1.54) is 28.4 Å². The molecule has 0 aliphatic carbocycles. The Labute approximate surface area is 175 Å². The molecule has 0 aromatic heterocycles. The minimum Gasteiger partial charge on any atom is -0.493 e. The van der Waals surface area contributed by atoms with E-state index in [0.29, 0.717) is 22.8 Å². The zero-order chi connectivity index (χ0) is 21.7. The van der Waals surface area contributed by atoms with Crippen LogP contribution in [0.5, 0.6) is 17.2 Å². The highest BCUT2D eigenvalue weighted by Crippen LogP contribution is 2.39. The number of hydrogen-bond acceptors (Lipinski definition) is 6. The van der Waals surface area contributed by atoms with E-state index in [9.17, 15) is 9.59 Å². The normalized spacial score (nSPS) is 16.5. The van der Waals surface area contributed by atoms with Gasteiger partial charge in [0, 0.05) is 7.11 Å². The Morgan fingerprint density at radius 1 is 0.767 bits per heavy atom. The van der Waals surface area contributed by atoms with Crippen LogP contribution >= 0.6 is 0 Å². The lowest BCUT2D eigenvalue weighted by Crippen LogP contribution is -2.31. The molecule has 7 nitrogen and oxygen atoms in total. The lowest BCUT2D eigenvalue weighted by Gasteiger charge is -2.13. The molecule has 2 aromatic carbocycles. The van der Waals surface area contributed by atoms with Gasteiger partial charge in [0.05, 0.1) is 32.5 Å². The molecule has 3 rings (SSSR count). The summed E-state index contributed by atoms with van der Waals surface area (Å²) in [7, 11) is 5.97. The third kappa shape index (κ3) is 4.06. The van der Waals surface area contributed by atoms with Gasteiger partial charge in [0.15, 0.2) is 11.5 Å². The summed E-state index contributed by atoms with van der Waals surface area (Å²) in [5.74, 6) is 0.491. The molecule has 156 valence electrons. The molecule has 0 saturated carbocycles. The number of nitrogens with zero attached hydrogens (tertiary/aromatic N) is 1. The first-order valence-electron chi connectivity index (χ1n) is 9.18. The van der Waals surface area contributed by atoms with Crippen LogP contribution in [0, 0.1) is 0 Å². The van der Waals surface area contributed by atoms with Crippen LogP contribution in [0.1, 0.15) is 11.1 Å². The molecule has 0 spiro atoms. The van der Waals surface area contributed by atoms with Gasteiger partial charge in [-0.2, -0.15) is 0 Å². The molecule has 0 unspecified atom stereocenters. The molecule has 2 aromatic rings. The second-order valence-corrected chi connectivity index (χ2v) is 6.44. The zero-order valence-electron chi connectivity index (χ0n) is 17.3. The molecule has 0 N–H and O–H groups in total. The van der Waals surface area contributed by atoms with Crippen LogP contribution in [0.25, 0.3) is 12.2 Å². The van der Waals surface area contributed by atoms with Gasteiger partial charge in [-0.1, -0.05) is 30.3 Å². The van der Waals surface area contributed by atoms with E-state index < -0.39 is 11.8 Å². The Balaban J connectivity index is 2.15. The van der Waals surface area contributed by atoms with Gasteiger partial charge in [0.25, 0.3) is 11.8 Å². The Morgan fingerprint density at radius 3 is 1.77 bits per heavy atom. The summed E-state index contributed by atoms with van der Waals surface area (Å²) in [6.07, 6.45) is 3.33. The van der Waals surface area contributed by atoms with Crippen molar-refractivity contribution >= 4 is 24.0 Å². The van der Waals surface area contributed by atoms with Crippen molar-refractivity contribution in [3.05, 3.63) is 64.7 Å². The van der Waals surface area contributed by atoms with Gasteiger partial charge in [0.1, 0.15) is 6.73 Å². The fraction of sp³-hybridized carbons (Fsp3) is 0.217. The van der Waals surface area contributed by atoms with Gasteiger partial charge < -0.3 is 18.9 Å². The number of rotatable bonds is 7. The highest BCUT2D eigenvalue weighted by molar-refractivity contribution is 6.28. The maximum absolute atomic E-state index is 13.0. The summed E-state index contributed by atoms with van der Waals surface area (Å²) in [4.78, 5) is 26.9. The number of likely N-dealkylation sites (tertiary alicyclic amines) is 1. The Hall–Kier alpha value is -3.58. The summed E-state index contributed by atoms with van der Waals surface area (Å²) < 4.78 is 21.1. The Morgan fingerprint density at radius 2 is 1.30 bits per heavy atom. The van der Waals surface area contributed by atoms with Crippen LogP contribution in [0.2, 0.25) is 0 Å². The molecule has 1 aliphatic heterocycles. The van der Waals surface area contributed by atoms with Crippen LogP contribution in [-0.4, -0.2) is 51.9 Å². The smallest absolute Gasteiger partial charge is 0.263 e. The zero-order valence-corrected chi connectivity index (χ0v) is 17.3. The van der Waals surface area contributed by atoms with E-state index in [0.717, 1.165) is 10.5 Å². The average molecular weight is 409 g/mol. The van der Waals surface area contributed by atoms with Gasteiger partial charge in [0.2, 0.25) is 5.75 Å². The predicted molar refractivity (Wildman–Crippen MR) is 112 cm³/mol. The molecule has 1 aliphatic rings. The van der Waals surface area contributed by atoms with E-state index in [4.69, 9.17) is 18.9 Å². The third-order valence-electron chi connectivity index (χ3n) is 4.61. The second-order valence-electron chi connectivity index (χ2n) is 6.44. The van der Waals surface area contributed by atoms with E-state index in [1.807, 2.05) is 30.3 Å². The number of carbonyl (C=O) groups excluding carboxylic acids is 2. The fourth-order valence-corrected chi connectivity index (χ4v) is 3.21. The number of benzene rings is 2. The topological polar surface area (TPSA) is 74.3 Å². The van der Waals surface area contributed by atoms with Crippen molar-refractivity contribution in [2.24, 2.45) is 0 Å².